The van der Waals surface area contributed by atoms with Crippen LogP contribution in [0.3, 0.4) is 0 Å². The molecule has 0 saturated carbocycles. The molecule has 0 bridgehead atoms. The van der Waals surface area contributed by atoms with Gasteiger partial charge in [-0.1, -0.05) is 13.8 Å². The maximum atomic E-state index is 4.63. The Balaban J connectivity index is 2.40. The number of nitrogens with zero attached hydrogens (tertiary/aromatic N) is 1. The van der Waals surface area contributed by atoms with Crippen LogP contribution in [0.15, 0.2) is 0 Å². The topological polar surface area (TPSA) is 24.9 Å². The molecule has 0 radical (unpaired) electrons. The van der Waals surface area contributed by atoms with E-state index < -0.39 is 0 Å². The van der Waals surface area contributed by atoms with Crippen molar-refractivity contribution in [3.05, 3.63) is 15.6 Å². The lowest BCUT2D eigenvalue weighted by atomic mass is 9.76. The summed E-state index contributed by atoms with van der Waals surface area (Å²) in [5.41, 5.74) is 1.72. The van der Waals surface area contributed by atoms with Crippen molar-refractivity contribution in [1.82, 2.24) is 10.3 Å². The Hall–Kier alpha value is -0.410. The van der Waals surface area contributed by atoms with E-state index in [0.717, 1.165) is 0 Å². The van der Waals surface area contributed by atoms with Gasteiger partial charge in [-0.25, -0.2) is 4.98 Å². The number of fused-ring (bicyclic) bond motifs is 1. The van der Waals surface area contributed by atoms with Crippen molar-refractivity contribution in [3.63, 3.8) is 0 Å². The summed E-state index contributed by atoms with van der Waals surface area (Å²) in [6.07, 6.45) is 2.38. The first-order valence-electron chi connectivity index (χ1n) is 5.15. The summed E-state index contributed by atoms with van der Waals surface area (Å²) < 4.78 is 0. The summed E-state index contributed by atoms with van der Waals surface area (Å²) in [7, 11) is 2.03. The summed E-state index contributed by atoms with van der Waals surface area (Å²) in [6.45, 7) is 6.79. The second-order valence-corrected chi connectivity index (χ2v) is 6.22. The van der Waals surface area contributed by atoms with Crippen molar-refractivity contribution in [2.75, 3.05) is 7.05 Å². The van der Waals surface area contributed by atoms with E-state index in [1.807, 2.05) is 18.4 Å². The first kappa shape index (κ1) is 10.1. The minimum Gasteiger partial charge on any atom is -0.312 e. The van der Waals surface area contributed by atoms with Gasteiger partial charge in [0.1, 0.15) is 0 Å². The van der Waals surface area contributed by atoms with Crippen LogP contribution in [0.1, 0.15) is 41.9 Å². The van der Waals surface area contributed by atoms with E-state index >= 15 is 0 Å². The predicted octanol–water partition coefficient (Wildman–Crippen LogP) is 2.68. The van der Waals surface area contributed by atoms with Gasteiger partial charge in [-0.2, -0.15) is 0 Å². The monoisotopic (exact) mass is 210 g/mol. The molecule has 1 atom stereocenters. The molecule has 0 saturated heterocycles. The molecule has 3 heteroatoms. The minimum absolute atomic E-state index is 0.416. The second-order valence-electron chi connectivity index (χ2n) is 4.93. The van der Waals surface area contributed by atoms with E-state index in [1.165, 1.54) is 28.4 Å². The number of rotatable bonds is 1. The van der Waals surface area contributed by atoms with Gasteiger partial charge in [0, 0.05) is 4.88 Å². The number of aromatic nitrogens is 1. The molecular formula is C11H18N2S. The normalized spacial score (nSPS) is 24.7. The van der Waals surface area contributed by atoms with E-state index in [9.17, 15) is 0 Å². The average molecular weight is 210 g/mol. The molecule has 2 nitrogen and oxygen atoms in total. The van der Waals surface area contributed by atoms with Crippen LogP contribution in [0.2, 0.25) is 0 Å². The largest absolute Gasteiger partial charge is 0.312 e. The molecule has 0 aliphatic heterocycles. The van der Waals surface area contributed by atoms with Crippen molar-refractivity contribution in [1.29, 1.82) is 0 Å². The van der Waals surface area contributed by atoms with Crippen LogP contribution in [0, 0.1) is 12.3 Å². The van der Waals surface area contributed by atoms with Crippen LogP contribution < -0.4 is 5.32 Å². The minimum atomic E-state index is 0.416. The summed E-state index contributed by atoms with van der Waals surface area (Å²) in [6, 6.07) is 0.457. The maximum absolute atomic E-state index is 4.63. The van der Waals surface area contributed by atoms with Gasteiger partial charge in [-0.05, 0) is 32.2 Å². The molecule has 0 spiro atoms. The molecule has 1 aliphatic carbocycles. The third-order valence-electron chi connectivity index (χ3n) is 2.91. The van der Waals surface area contributed by atoms with Gasteiger partial charge in [0.25, 0.3) is 0 Å². The summed E-state index contributed by atoms with van der Waals surface area (Å²) in [5, 5.41) is 4.58. The number of hydrogen-bond donors (Lipinski definition) is 1. The highest BCUT2D eigenvalue weighted by Gasteiger charge is 2.33. The van der Waals surface area contributed by atoms with E-state index in [-0.39, 0.29) is 0 Å². The zero-order chi connectivity index (χ0) is 10.3. The highest BCUT2D eigenvalue weighted by molar-refractivity contribution is 7.11. The Kier molecular flexibility index (Phi) is 2.40. The molecule has 0 aromatic carbocycles. The molecule has 1 aromatic rings. The molecular weight excluding hydrogens is 192 g/mol. The molecule has 78 valence electrons. The molecule has 14 heavy (non-hydrogen) atoms. The van der Waals surface area contributed by atoms with E-state index in [4.69, 9.17) is 0 Å². The van der Waals surface area contributed by atoms with Crippen molar-refractivity contribution in [2.45, 2.75) is 39.7 Å². The van der Waals surface area contributed by atoms with Crippen LogP contribution in [-0.2, 0) is 6.42 Å². The van der Waals surface area contributed by atoms with Crippen LogP contribution >= 0.6 is 11.3 Å². The summed E-state index contributed by atoms with van der Waals surface area (Å²) >= 11 is 1.86. The Labute approximate surface area is 89.8 Å². The number of nitrogens with one attached hydrogen (secondary N) is 1. The number of thiazole rings is 1. The smallest absolute Gasteiger partial charge is 0.0900 e. The Morgan fingerprint density at radius 1 is 1.50 bits per heavy atom. The first-order valence-corrected chi connectivity index (χ1v) is 5.97. The van der Waals surface area contributed by atoms with Gasteiger partial charge in [0.15, 0.2) is 0 Å². The van der Waals surface area contributed by atoms with Crippen LogP contribution in [0.4, 0.5) is 0 Å². The molecule has 2 rings (SSSR count). The fourth-order valence-corrected chi connectivity index (χ4v) is 3.54. The fraction of sp³-hybridized carbons (Fsp3) is 0.727. The third kappa shape index (κ3) is 1.71. The lowest BCUT2D eigenvalue weighted by Crippen LogP contribution is -2.31. The van der Waals surface area contributed by atoms with Gasteiger partial charge < -0.3 is 5.32 Å². The molecule has 0 fully saturated rings. The van der Waals surface area contributed by atoms with Gasteiger partial charge in [-0.3, -0.25) is 0 Å². The van der Waals surface area contributed by atoms with Crippen LogP contribution in [0.25, 0.3) is 0 Å². The maximum Gasteiger partial charge on any atom is 0.0900 e. The van der Waals surface area contributed by atoms with E-state index in [1.54, 1.807) is 0 Å². The SMILES string of the molecule is CNC1CC(C)(C)Cc2sc(C)nc21. The number of aryl methyl sites for hydroxylation is 1. The van der Waals surface area contributed by atoms with Gasteiger partial charge in [0.2, 0.25) is 0 Å². The van der Waals surface area contributed by atoms with Crippen molar-refractivity contribution in [2.24, 2.45) is 5.41 Å². The molecule has 1 heterocycles. The van der Waals surface area contributed by atoms with Gasteiger partial charge in [0.05, 0.1) is 16.7 Å². The Morgan fingerprint density at radius 3 is 2.86 bits per heavy atom. The molecule has 1 aromatic heterocycles. The highest BCUT2D eigenvalue weighted by Crippen LogP contribution is 2.42. The molecule has 1 aliphatic rings. The lowest BCUT2D eigenvalue weighted by molar-refractivity contribution is 0.264. The highest BCUT2D eigenvalue weighted by atomic mass is 32.1. The Bertz CT molecular complexity index is 341. The summed E-state index contributed by atoms with van der Waals surface area (Å²) in [4.78, 5) is 6.11. The zero-order valence-electron chi connectivity index (χ0n) is 9.35. The fourth-order valence-electron chi connectivity index (χ4n) is 2.28. The second kappa shape index (κ2) is 3.31. The zero-order valence-corrected chi connectivity index (χ0v) is 10.2. The van der Waals surface area contributed by atoms with E-state index in [2.05, 4.69) is 31.1 Å². The molecule has 1 N–H and O–H groups in total. The van der Waals surface area contributed by atoms with Gasteiger partial charge >= 0.3 is 0 Å². The standard InChI is InChI=1S/C11H18N2S/c1-7-13-10-8(12-4)5-11(2,3)6-9(10)14-7/h8,12H,5-6H2,1-4H3. The van der Waals surface area contributed by atoms with Gasteiger partial charge in [-0.15, -0.1) is 11.3 Å². The molecule has 0 amide bonds. The molecule has 1 unspecified atom stereocenters. The van der Waals surface area contributed by atoms with Crippen LogP contribution in [0.5, 0.6) is 0 Å². The Morgan fingerprint density at radius 2 is 2.21 bits per heavy atom. The van der Waals surface area contributed by atoms with Crippen LogP contribution in [-0.4, -0.2) is 12.0 Å². The van der Waals surface area contributed by atoms with Crippen molar-refractivity contribution >= 4 is 11.3 Å². The average Bonchev–Trinajstić information content (AvgIpc) is 2.41. The predicted molar refractivity (Wildman–Crippen MR) is 60.8 cm³/mol. The van der Waals surface area contributed by atoms with Crippen molar-refractivity contribution in [3.8, 4) is 0 Å². The quantitative estimate of drug-likeness (QED) is 0.771. The van der Waals surface area contributed by atoms with Crippen molar-refractivity contribution < 1.29 is 0 Å². The lowest BCUT2D eigenvalue weighted by Gasteiger charge is -2.34. The summed E-state index contributed by atoms with van der Waals surface area (Å²) in [5.74, 6) is 0. The first-order chi connectivity index (χ1) is 6.52. The van der Waals surface area contributed by atoms with E-state index in [0.29, 0.717) is 11.5 Å². The number of hydrogen-bond acceptors (Lipinski definition) is 3. The third-order valence-corrected chi connectivity index (χ3v) is 3.90.